The van der Waals surface area contributed by atoms with E-state index in [1.54, 1.807) is 36.4 Å². The van der Waals surface area contributed by atoms with E-state index in [0.29, 0.717) is 17.1 Å². The average Bonchev–Trinajstić information content (AvgIpc) is 2.94. The number of thiophene rings is 1. The van der Waals surface area contributed by atoms with Gasteiger partial charge in [0.2, 0.25) is 5.91 Å². The number of aryl methyl sites for hydroxylation is 1. The Morgan fingerprint density at radius 2 is 2.09 bits per heavy atom. The third kappa shape index (κ3) is 3.14. The molecule has 122 valence electrons. The van der Waals surface area contributed by atoms with Crippen molar-refractivity contribution in [2.24, 2.45) is 0 Å². The van der Waals surface area contributed by atoms with Gasteiger partial charge in [-0.25, -0.2) is 8.42 Å². The summed E-state index contributed by atoms with van der Waals surface area (Å²) in [6, 6.07) is 9.16. The van der Waals surface area contributed by atoms with Crippen LogP contribution in [0.25, 0.3) is 0 Å². The molecule has 1 atom stereocenters. The molecule has 1 aromatic carbocycles. The fourth-order valence-corrected chi connectivity index (χ4v) is 5.75. The Bertz CT molecular complexity index is 848. The van der Waals surface area contributed by atoms with Gasteiger partial charge in [0, 0.05) is 23.0 Å². The summed E-state index contributed by atoms with van der Waals surface area (Å²) in [4.78, 5) is 13.2. The lowest BCUT2D eigenvalue weighted by atomic mass is 10.0. The number of hydrogen-bond donors (Lipinski definition) is 1. The standard InChI is InChI=1S/C15H15ClN2O3S2/c1-10-5-6-13(22-10)23(20,21)18-8-7-17-15(19)14(18)11-3-2-4-12(16)9-11/h2-6,9,14H,7-8H2,1H3,(H,17,19). The predicted molar refractivity (Wildman–Crippen MR) is 90.2 cm³/mol. The molecule has 1 unspecified atom stereocenters. The van der Waals surface area contributed by atoms with Crippen LogP contribution in [0.15, 0.2) is 40.6 Å². The molecule has 0 saturated carbocycles. The van der Waals surface area contributed by atoms with E-state index in [1.807, 2.05) is 6.92 Å². The van der Waals surface area contributed by atoms with E-state index in [4.69, 9.17) is 11.6 Å². The normalized spacial score (nSPS) is 19.6. The maximum atomic E-state index is 12.9. The number of sulfonamides is 1. The Balaban J connectivity index is 2.06. The number of piperazine rings is 1. The molecule has 1 aliphatic rings. The summed E-state index contributed by atoms with van der Waals surface area (Å²) >= 11 is 7.20. The molecule has 8 heteroatoms. The Morgan fingerprint density at radius 1 is 1.30 bits per heavy atom. The van der Waals surface area contributed by atoms with E-state index in [-0.39, 0.29) is 16.7 Å². The lowest BCUT2D eigenvalue weighted by Crippen LogP contribution is -2.51. The fraction of sp³-hybridized carbons (Fsp3) is 0.267. The van der Waals surface area contributed by atoms with Crippen LogP contribution in [0.1, 0.15) is 16.5 Å². The summed E-state index contributed by atoms with van der Waals surface area (Å²) in [5.41, 5.74) is 0.562. The zero-order valence-corrected chi connectivity index (χ0v) is 14.7. The second kappa shape index (κ2) is 6.24. The van der Waals surface area contributed by atoms with E-state index in [0.717, 1.165) is 4.88 Å². The van der Waals surface area contributed by atoms with Gasteiger partial charge in [0.15, 0.2) is 0 Å². The minimum absolute atomic E-state index is 0.224. The van der Waals surface area contributed by atoms with Gasteiger partial charge in [-0.1, -0.05) is 23.7 Å². The molecule has 1 fully saturated rings. The molecular formula is C15H15ClN2O3S2. The zero-order valence-electron chi connectivity index (χ0n) is 12.3. The largest absolute Gasteiger partial charge is 0.353 e. The molecule has 1 aliphatic heterocycles. The molecule has 23 heavy (non-hydrogen) atoms. The minimum atomic E-state index is -3.74. The highest BCUT2D eigenvalue weighted by atomic mass is 35.5. The SMILES string of the molecule is Cc1ccc(S(=O)(=O)N2CCNC(=O)C2c2cccc(Cl)c2)s1. The van der Waals surface area contributed by atoms with Crippen LogP contribution in [-0.4, -0.2) is 31.7 Å². The smallest absolute Gasteiger partial charge is 0.253 e. The van der Waals surface area contributed by atoms with E-state index < -0.39 is 16.1 Å². The number of benzene rings is 1. The predicted octanol–water partition coefficient (Wildman–Crippen LogP) is 2.57. The monoisotopic (exact) mass is 370 g/mol. The van der Waals surface area contributed by atoms with Gasteiger partial charge >= 0.3 is 0 Å². The molecular weight excluding hydrogens is 356 g/mol. The van der Waals surface area contributed by atoms with E-state index >= 15 is 0 Å². The highest BCUT2D eigenvalue weighted by Gasteiger charge is 2.40. The molecule has 0 bridgehead atoms. The third-order valence-electron chi connectivity index (χ3n) is 3.61. The summed E-state index contributed by atoms with van der Waals surface area (Å²) in [5, 5.41) is 3.19. The molecule has 1 N–H and O–H groups in total. The highest BCUT2D eigenvalue weighted by molar-refractivity contribution is 7.91. The molecule has 1 saturated heterocycles. The van der Waals surface area contributed by atoms with Crippen LogP contribution in [0.5, 0.6) is 0 Å². The van der Waals surface area contributed by atoms with Crippen LogP contribution in [0, 0.1) is 6.92 Å². The second-order valence-electron chi connectivity index (χ2n) is 5.23. The Hall–Kier alpha value is -1.41. The number of amides is 1. The minimum Gasteiger partial charge on any atom is -0.353 e. The zero-order chi connectivity index (χ0) is 16.6. The van der Waals surface area contributed by atoms with Crippen molar-refractivity contribution in [1.82, 2.24) is 9.62 Å². The Labute approximate surface area is 143 Å². The lowest BCUT2D eigenvalue weighted by Gasteiger charge is -2.33. The van der Waals surface area contributed by atoms with E-state index in [1.165, 1.54) is 15.6 Å². The number of carbonyl (C=O) groups excluding carboxylic acids is 1. The number of halogens is 1. The van der Waals surface area contributed by atoms with Crippen LogP contribution >= 0.6 is 22.9 Å². The first-order valence-corrected chi connectivity index (χ1v) is 9.64. The molecule has 1 amide bonds. The van der Waals surface area contributed by atoms with Crippen LogP contribution in [0.3, 0.4) is 0 Å². The van der Waals surface area contributed by atoms with E-state index in [9.17, 15) is 13.2 Å². The quantitative estimate of drug-likeness (QED) is 0.902. The Kier molecular flexibility index (Phi) is 4.46. The second-order valence-corrected chi connectivity index (χ2v) is 9.07. The van der Waals surface area contributed by atoms with Crippen molar-refractivity contribution in [2.75, 3.05) is 13.1 Å². The first-order valence-electron chi connectivity index (χ1n) is 7.01. The maximum absolute atomic E-state index is 12.9. The number of hydrogen-bond acceptors (Lipinski definition) is 4. The molecule has 1 aromatic heterocycles. The van der Waals surface area contributed by atoms with Gasteiger partial charge in [-0.05, 0) is 36.8 Å². The number of carbonyl (C=O) groups is 1. The first-order chi connectivity index (χ1) is 10.9. The number of rotatable bonds is 3. The average molecular weight is 371 g/mol. The molecule has 3 rings (SSSR count). The summed E-state index contributed by atoms with van der Waals surface area (Å²) in [5.74, 6) is -0.338. The number of nitrogens with zero attached hydrogens (tertiary/aromatic N) is 1. The van der Waals surface area contributed by atoms with Gasteiger partial charge in [-0.2, -0.15) is 4.31 Å². The van der Waals surface area contributed by atoms with Gasteiger partial charge in [-0.3, -0.25) is 4.79 Å². The summed E-state index contributed by atoms with van der Waals surface area (Å²) in [6.45, 7) is 2.36. The van der Waals surface area contributed by atoms with Crippen molar-refractivity contribution >= 4 is 38.9 Å². The van der Waals surface area contributed by atoms with Crippen molar-refractivity contribution in [2.45, 2.75) is 17.2 Å². The molecule has 5 nitrogen and oxygen atoms in total. The van der Waals surface area contributed by atoms with Crippen LogP contribution in [-0.2, 0) is 14.8 Å². The van der Waals surface area contributed by atoms with Gasteiger partial charge in [0.25, 0.3) is 10.0 Å². The highest BCUT2D eigenvalue weighted by Crippen LogP contribution is 2.33. The van der Waals surface area contributed by atoms with Crippen molar-refractivity contribution < 1.29 is 13.2 Å². The van der Waals surface area contributed by atoms with Gasteiger partial charge in [0.1, 0.15) is 10.3 Å². The third-order valence-corrected chi connectivity index (χ3v) is 7.18. The topological polar surface area (TPSA) is 66.5 Å². The van der Waals surface area contributed by atoms with Crippen molar-refractivity contribution in [3.63, 3.8) is 0 Å². The number of nitrogens with one attached hydrogen (secondary N) is 1. The molecule has 0 spiro atoms. The summed E-state index contributed by atoms with van der Waals surface area (Å²) < 4.78 is 27.4. The van der Waals surface area contributed by atoms with Gasteiger partial charge in [-0.15, -0.1) is 11.3 Å². The van der Waals surface area contributed by atoms with Crippen LogP contribution in [0.4, 0.5) is 0 Å². The van der Waals surface area contributed by atoms with Gasteiger partial charge < -0.3 is 5.32 Å². The van der Waals surface area contributed by atoms with Crippen molar-refractivity contribution in [3.8, 4) is 0 Å². The summed E-state index contributed by atoms with van der Waals surface area (Å²) in [7, 11) is -3.74. The maximum Gasteiger partial charge on any atom is 0.253 e. The van der Waals surface area contributed by atoms with Crippen LogP contribution < -0.4 is 5.32 Å². The molecule has 0 aliphatic carbocycles. The van der Waals surface area contributed by atoms with Crippen molar-refractivity contribution in [3.05, 3.63) is 51.9 Å². The van der Waals surface area contributed by atoms with E-state index in [2.05, 4.69) is 5.32 Å². The molecule has 2 heterocycles. The summed E-state index contributed by atoms with van der Waals surface area (Å²) in [6.07, 6.45) is 0. The van der Waals surface area contributed by atoms with Crippen LogP contribution in [0.2, 0.25) is 5.02 Å². The lowest BCUT2D eigenvalue weighted by molar-refractivity contribution is -0.126. The molecule has 0 radical (unpaired) electrons. The van der Waals surface area contributed by atoms with Gasteiger partial charge in [0.05, 0.1) is 0 Å². The first kappa shape index (κ1) is 16.4. The fourth-order valence-electron chi connectivity index (χ4n) is 2.57. The van der Waals surface area contributed by atoms with Crippen molar-refractivity contribution in [1.29, 1.82) is 0 Å². The molecule has 2 aromatic rings. The Morgan fingerprint density at radius 3 is 2.74 bits per heavy atom.